The van der Waals surface area contributed by atoms with Crippen LogP contribution in [0.4, 0.5) is 4.39 Å². The van der Waals surface area contributed by atoms with Gasteiger partial charge in [-0.1, -0.05) is 41.4 Å². The van der Waals surface area contributed by atoms with E-state index in [1.807, 2.05) is 41.9 Å². The minimum absolute atomic E-state index is 0.0347. The highest BCUT2D eigenvalue weighted by atomic mass is 35.5. The van der Waals surface area contributed by atoms with Crippen molar-refractivity contribution < 1.29 is 4.39 Å². The maximum atomic E-state index is 13.6. The van der Waals surface area contributed by atoms with Gasteiger partial charge in [-0.25, -0.2) is 4.39 Å². The lowest BCUT2D eigenvalue weighted by Gasteiger charge is -2.07. The van der Waals surface area contributed by atoms with Crippen LogP contribution in [0.1, 0.15) is 0 Å². The largest absolute Gasteiger partial charge is 0.344 e. The molecule has 0 spiro atoms. The van der Waals surface area contributed by atoms with Crippen LogP contribution in [0.25, 0.3) is 22.2 Å². The zero-order chi connectivity index (χ0) is 13.6. The summed E-state index contributed by atoms with van der Waals surface area (Å²) in [6, 6.07) is 12.8. The second kappa shape index (κ2) is 4.55. The predicted octanol–water partition coefficient (Wildman–Crippen LogP) is 5.29. The van der Waals surface area contributed by atoms with E-state index in [2.05, 4.69) is 0 Å². The van der Waals surface area contributed by atoms with E-state index in [0.29, 0.717) is 10.6 Å². The van der Waals surface area contributed by atoms with Gasteiger partial charge in [-0.2, -0.15) is 0 Å². The van der Waals surface area contributed by atoms with Crippen LogP contribution >= 0.6 is 23.2 Å². The van der Waals surface area contributed by atoms with Crippen molar-refractivity contribution in [1.29, 1.82) is 0 Å². The van der Waals surface area contributed by atoms with Crippen molar-refractivity contribution >= 4 is 34.1 Å². The van der Waals surface area contributed by atoms with E-state index in [9.17, 15) is 4.39 Å². The molecule has 0 saturated heterocycles. The van der Waals surface area contributed by atoms with Gasteiger partial charge in [0.1, 0.15) is 5.82 Å². The van der Waals surface area contributed by atoms with Crippen molar-refractivity contribution in [2.75, 3.05) is 0 Å². The number of hydrogen-bond acceptors (Lipinski definition) is 0. The SMILES string of the molecule is Cn1c(-c2cc(F)c(Cl)cc2Cl)cc2ccccc21. The van der Waals surface area contributed by atoms with Crippen LogP contribution in [0.15, 0.2) is 42.5 Å². The molecule has 0 aliphatic heterocycles. The number of aryl methyl sites for hydroxylation is 1. The normalized spacial score (nSPS) is 11.2. The monoisotopic (exact) mass is 293 g/mol. The van der Waals surface area contributed by atoms with Crippen LogP contribution in [0.5, 0.6) is 0 Å². The minimum atomic E-state index is -0.466. The number of para-hydroxylation sites is 1. The second-order valence-corrected chi connectivity index (χ2v) is 5.21. The fraction of sp³-hybridized carbons (Fsp3) is 0.0667. The van der Waals surface area contributed by atoms with Crippen molar-refractivity contribution in [2.45, 2.75) is 0 Å². The van der Waals surface area contributed by atoms with Gasteiger partial charge in [-0.15, -0.1) is 0 Å². The molecular weight excluding hydrogens is 284 g/mol. The number of benzene rings is 2. The average molecular weight is 294 g/mol. The lowest BCUT2D eigenvalue weighted by Crippen LogP contribution is -1.93. The highest BCUT2D eigenvalue weighted by molar-refractivity contribution is 6.36. The molecule has 4 heteroatoms. The molecule has 1 aromatic heterocycles. The maximum absolute atomic E-state index is 13.6. The van der Waals surface area contributed by atoms with Crippen LogP contribution in [0.2, 0.25) is 10.0 Å². The summed E-state index contributed by atoms with van der Waals surface area (Å²) in [7, 11) is 1.93. The Morgan fingerprint density at radius 2 is 1.74 bits per heavy atom. The van der Waals surface area contributed by atoms with E-state index < -0.39 is 5.82 Å². The Kier molecular flexibility index (Phi) is 3.00. The molecule has 0 N–H and O–H groups in total. The Hall–Kier alpha value is -1.51. The van der Waals surface area contributed by atoms with E-state index >= 15 is 0 Å². The third-order valence-electron chi connectivity index (χ3n) is 3.24. The summed E-state index contributed by atoms with van der Waals surface area (Å²) < 4.78 is 15.6. The molecule has 0 bridgehead atoms. The summed E-state index contributed by atoms with van der Waals surface area (Å²) in [6.07, 6.45) is 0. The number of fused-ring (bicyclic) bond motifs is 1. The second-order valence-electron chi connectivity index (χ2n) is 4.39. The minimum Gasteiger partial charge on any atom is -0.344 e. The highest BCUT2D eigenvalue weighted by Gasteiger charge is 2.13. The first-order valence-corrected chi connectivity index (χ1v) is 6.53. The molecule has 0 saturated carbocycles. The number of aromatic nitrogens is 1. The van der Waals surface area contributed by atoms with Crippen LogP contribution in [0.3, 0.4) is 0 Å². The van der Waals surface area contributed by atoms with Gasteiger partial charge in [-0.05, 0) is 24.3 Å². The van der Waals surface area contributed by atoms with Crippen molar-refractivity contribution in [3.8, 4) is 11.3 Å². The molecule has 96 valence electrons. The van der Waals surface area contributed by atoms with Gasteiger partial charge in [0, 0.05) is 23.5 Å². The smallest absolute Gasteiger partial charge is 0.142 e. The van der Waals surface area contributed by atoms with Crippen LogP contribution in [-0.2, 0) is 7.05 Å². The Balaban J connectivity index is 2.30. The average Bonchev–Trinajstić information content (AvgIpc) is 2.72. The summed E-state index contributed by atoms with van der Waals surface area (Å²) in [4.78, 5) is 0. The molecule has 0 amide bonds. The quantitative estimate of drug-likeness (QED) is 0.537. The maximum Gasteiger partial charge on any atom is 0.142 e. The number of halogens is 3. The van der Waals surface area contributed by atoms with E-state index in [1.165, 1.54) is 12.1 Å². The summed E-state index contributed by atoms with van der Waals surface area (Å²) in [5.74, 6) is -0.466. The Morgan fingerprint density at radius 1 is 1.00 bits per heavy atom. The van der Waals surface area contributed by atoms with E-state index in [4.69, 9.17) is 23.2 Å². The lowest BCUT2D eigenvalue weighted by molar-refractivity contribution is 0.628. The molecule has 19 heavy (non-hydrogen) atoms. The van der Waals surface area contributed by atoms with Crippen molar-refractivity contribution in [3.05, 3.63) is 58.3 Å². The van der Waals surface area contributed by atoms with Crippen molar-refractivity contribution in [3.63, 3.8) is 0 Å². The van der Waals surface area contributed by atoms with Crippen LogP contribution in [-0.4, -0.2) is 4.57 Å². The first-order valence-electron chi connectivity index (χ1n) is 5.77. The summed E-state index contributed by atoms with van der Waals surface area (Å²) in [5, 5.41) is 1.57. The van der Waals surface area contributed by atoms with Gasteiger partial charge in [-0.3, -0.25) is 0 Å². The third-order valence-corrected chi connectivity index (χ3v) is 3.84. The fourth-order valence-corrected chi connectivity index (χ4v) is 2.75. The molecule has 0 fully saturated rings. The molecule has 0 atom stereocenters. The molecule has 1 nitrogen and oxygen atoms in total. The zero-order valence-corrected chi connectivity index (χ0v) is 11.6. The molecule has 0 unspecified atom stereocenters. The summed E-state index contributed by atoms with van der Waals surface area (Å²) >= 11 is 11.9. The van der Waals surface area contributed by atoms with Gasteiger partial charge in [0.05, 0.1) is 15.7 Å². The molecule has 0 aliphatic rings. The molecule has 2 aromatic carbocycles. The first-order chi connectivity index (χ1) is 9.08. The van der Waals surface area contributed by atoms with E-state index in [0.717, 1.165) is 16.6 Å². The Labute approximate surface area is 120 Å². The standard InChI is InChI=1S/C15H10Cl2FN/c1-19-14-5-3-2-4-9(14)6-15(19)10-7-13(18)12(17)8-11(10)16/h2-8H,1H3. The number of hydrogen-bond donors (Lipinski definition) is 0. The zero-order valence-electron chi connectivity index (χ0n) is 10.1. The molecular formula is C15H10Cl2FN. The molecule has 0 aliphatic carbocycles. The van der Waals surface area contributed by atoms with Gasteiger partial charge < -0.3 is 4.57 Å². The number of nitrogens with zero attached hydrogens (tertiary/aromatic N) is 1. The molecule has 3 aromatic rings. The summed E-state index contributed by atoms with van der Waals surface area (Å²) in [5.41, 5.74) is 2.58. The van der Waals surface area contributed by atoms with Gasteiger partial charge in [0.15, 0.2) is 0 Å². The fourth-order valence-electron chi connectivity index (χ4n) is 2.27. The molecule has 1 heterocycles. The van der Waals surface area contributed by atoms with Crippen LogP contribution < -0.4 is 0 Å². The van der Waals surface area contributed by atoms with E-state index in [1.54, 1.807) is 0 Å². The summed E-state index contributed by atoms with van der Waals surface area (Å²) in [6.45, 7) is 0. The van der Waals surface area contributed by atoms with Crippen LogP contribution in [0, 0.1) is 5.82 Å². The van der Waals surface area contributed by atoms with Crippen molar-refractivity contribution in [2.24, 2.45) is 7.05 Å². The lowest BCUT2D eigenvalue weighted by atomic mass is 10.1. The first kappa shape index (κ1) is 12.5. The Morgan fingerprint density at radius 3 is 2.47 bits per heavy atom. The molecule has 0 radical (unpaired) electrons. The molecule has 3 rings (SSSR count). The van der Waals surface area contributed by atoms with Gasteiger partial charge in [0.25, 0.3) is 0 Å². The van der Waals surface area contributed by atoms with Gasteiger partial charge in [0.2, 0.25) is 0 Å². The van der Waals surface area contributed by atoms with E-state index in [-0.39, 0.29) is 5.02 Å². The van der Waals surface area contributed by atoms with Gasteiger partial charge >= 0.3 is 0 Å². The predicted molar refractivity (Wildman–Crippen MR) is 78.3 cm³/mol. The van der Waals surface area contributed by atoms with Crippen molar-refractivity contribution in [1.82, 2.24) is 4.57 Å². The number of rotatable bonds is 1. The topological polar surface area (TPSA) is 4.93 Å². The highest BCUT2D eigenvalue weighted by Crippen LogP contribution is 2.34. The Bertz CT molecular complexity index is 777. The third kappa shape index (κ3) is 2.01.